The van der Waals surface area contributed by atoms with Gasteiger partial charge in [-0.2, -0.15) is 0 Å². The lowest BCUT2D eigenvalue weighted by Gasteiger charge is -2.29. The molecule has 1 aliphatic carbocycles. The molecule has 0 aliphatic heterocycles. The molecule has 26 heavy (non-hydrogen) atoms. The van der Waals surface area contributed by atoms with Gasteiger partial charge in [0.1, 0.15) is 0 Å². The number of aryl methyl sites for hydroxylation is 1. The Labute approximate surface area is 158 Å². The number of pyridine rings is 1. The molecule has 0 saturated heterocycles. The van der Waals surface area contributed by atoms with Gasteiger partial charge in [0.25, 0.3) is 0 Å². The van der Waals surface area contributed by atoms with Crippen LogP contribution >= 0.6 is 0 Å². The van der Waals surface area contributed by atoms with Crippen molar-refractivity contribution in [2.45, 2.75) is 83.2 Å². The van der Waals surface area contributed by atoms with E-state index in [4.69, 9.17) is 9.84 Å². The van der Waals surface area contributed by atoms with Gasteiger partial charge in [0.2, 0.25) is 0 Å². The van der Waals surface area contributed by atoms with E-state index < -0.39 is 5.97 Å². The van der Waals surface area contributed by atoms with Crippen LogP contribution in [0.5, 0.6) is 0 Å². The summed E-state index contributed by atoms with van der Waals surface area (Å²) in [5.41, 5.74) is 1.32. The van der Waals surface area contributed by atoms with E-state index in [9.17, 15) is 4.79 Å². The van der Waals surface area contributed by atoms with Crippen molar-refractivity contribution >= 4 is 5.97 Å². The molecule has 1 aromatic heterocycles. The van der Waals surface area contributed by atoms with Crippen LogP contribution in [0.4, 0.5) is 0 Å². The maximum atomic E-state index is 10.9. The van der Waals surface area contributed by atoms with Crippen LogP contribution in [0, 0.1) is 11.8 Å². The summed E-state index contributed by atoms with van der Waals surface area (Å²) in [6.07, 6.45) is 17.3. The maximum Gasteiger partial charge on any atom is 0.303 e. The molecule has 2 rings (SSSR count). The SMILES string of the molecule is COC(CCCCCc1cccnc1)CCC1CCCC(CC(=O)O)C1. The van der Waals surface area contributed by atoms with Crippen LogP contribution in [0.2, 0.25) is 0 Å². The summed E-state index contributed by atoms with van der Waals surface area (Å²) in [4.78, 5) is 15.1. The zero-order valence-corrected chi connectivity index (χ0v) is 16.2. The highest BCUT2D eigenvalue weighted by atomic mass is 16.5. The van der Waals surface area contributed by atoms with Crippen molar-refractivity contribution in [1.82, 2.24) is 4.98 Å². The van der Waals surface area contributed by atoms with Crippen LogP contribution in [0.25, 0.3) is 0 Å². The molecule has 3 atom stereocenters. The van der Waals surface area contributed by atoms with Crippen LogP contribution in [-0.2, 0) is 16.0 Å². The van der Waals surface area contributed by atoms with Crippen molar-refractivity contribution in [2.75, 3.05) is 7.11 Å². The molecule has 4 nitrogen and oxygen atoms in total. The smallest absolute Gasteiger partial charge is 0.303 e. The lowest BCUT2D eigenvalue weighted by molar-refractivity contribution is -0.138. The Balaban J connectivity index is 1.57. The number of hydrogen-bond acceptors (Lipinski definition) is 3. The number of nitrogens with zero attached hydrogens (tertiary/aromatic N) is 1. The first-order chi connectivity index (χ1) is 12.7. The monoisotopic (exact) mass is 361 g/mol. The number of ether oxygens (including phenoxy) is 1. The third-order valence-corrected chi connectivity index (χ3v) is 5.80. The minimum Gasteiger partial charge on any atom is -0.481 e. The van der Waals surface area contributed by atoms with Gasteiger partial charge >= 0.3 is 5.97 Å². The molecule has 1 heterocycles. The van der Waals surface area contributed by atoms with Gasteiger partial charge in [-0.1, -0.05) is 31.7 Å². The summed E-state index contributed by atoms with van der Waals surface area (Å²) in [5.74, 6) is 0.438. The number of carbonyl (C=O) groups is 1. The third kappa shape index (κ3) is 8.31. The van der Waals surface area contributed by atoms with Crippen molar-refractivity contribution in [3.05, 3.63) is 30.1 Å². The van der Waals surface area contributed by atoms with Gasteiger partial charge in [0, 0.05) is 25.9 Å². The minimum atomic E-state index is -0.642. The number of carboxylic acid groups (broad SMARTS) is 1. The number of hydrogen-bond donors (Lipinski definition) is 1. The van der Waals surface area contributed by atoms with Crippen molar-refractivity contribution in [2.24, 2.45) is 11.8 Å². The van der Waals surface area contributed by atoms with Gasteiger partial charge in [0.05, 0.1) is 6.10 Å². The Morgan fingerprint density at radius 3 is 2.85 bits per heavy atom. The van der Waals surface area contributed by atoms with Gasteiger partial charge in [-0.15, -0.1) is 0 Å². The van der Waals surface area contributed by atoms with Crippen molar-refractivity contribution < 1.29 is 14.6 Å². The van der Waals surface area contributed by atoms with E-state index in [1.165, 1.54) is 44.1 Å². The number of carboxylic acids is 1. The first-order valence-corrected chi connectivity index (χ1v) is 10.3. The molecule has 0 spiro atoms. The molecule has 0 aromatic carbocycles. The second kappa shape index (κ2) is 12.1. The van der Waals surface area contributed by atoms with E-state index in [1.54, 1.807) is 0 Å². The van der Waals surface area contributed by atoms with E-state index in [0.29, 0.717) is 24.4 Å². The normalized spacial score (nSPS) is 21.4. The molecule has 0 bridgehead atoms. The number of unbranched alkanes of at least 4 members (excludes halogenated alkanes) is 2. The fourth-order valence-corrected chi connectivity index (χ4v) is 4.32. The van der Waals surface area contributed by atoms with Gasteiger partial charge in [-0.05, 0) is 68.4 Å². The highest BCUT2D eigenvalue weighted by molar-refractivity contribution is 5.67. The molecule has 0 radical (unpaired) electrons. The molecule has 4 heteroatoms. The Morgan fingerprint density at radius 2 is 2.12 bits per heavy atom. The topological polar surface area (TPSA) is 59.4 Å². The molecular weight excluding hydrogens is 326 g/mol. The van der Waals surface area contributed by atoms with Crippen molar-refractivity contribution in [1.29, 1.82) is 0 Å². The molecule has 3 unspecified atom stereocenters. The molecule has 0 amide bonds. The van der Waals surface area contributed by atoms with Crippen molar-refractivity contribution in [3.63, 3.8) is 0 Å². The van der Waals surface area contributed by atoms with Crippen LogP contribution in [0.15, 0.2) is 24.5 Å². The quantitative estimate of drug-likeness (QED) is 0.516. The van der Waals surface area contributed by atoms with Crippen LogP contribution in [-0.4, -0.2) is 29.3 Å². The van der Waals surface area contributed by atoms with Crippen LogP contribution < -0.4 is 0 Å². The Morgan fingerprint density at radius 1 is 1.27 bits per heavy atom. The van der Waals surface area contributed by atoms with Gasteiger partial charge in [0.15, 0.2) is 0 Å². The van der Waals surface area contributed by atoms with Gasteiger partial charge in [-0.3, -0.25) is 9.78 Å². The summed E-state index contributed by atoms with van der Waals surface area (Å²) in [6, 6.07) is 4.15. The first kappa shape index (κ1) is 20.9. The standard InChI is InChI=1S/C22H35NO3/c1-26-21(11-4-2-3-7-19-10-6-14-23-17-19)13-12-18-8-5-9-20(15-18)16-22(24)25/h6,10,14,17-18,20-21H,2-5,7-9,11-13,15-16H2,1H3,(H,24,25). The van der Waals surface area contributed by atoms with E-state index >= 15 is 0 Å². The first-order valence-electron chi connectivity index (χ1n) is 10.3. The number of aliphatic carboxylic acids is 1. The van der Waals surface area contributed by atoms with Crippen LogP contribution in [0.1, 0.15) is 76.2 Å². The van der Waals surface area contributed by atoms with E-state index in [0.717, 1.165) is 32.1 Å². The maximum absolute atomic E-state index is 10.9. The second-order valence-electron chi connectivity index (χ2n) is 7.89. The zero-order chi connectivity index (χ0) is 18.6. The average Bonchev–Trinajstić information content (AvgIpc) is 2.64. The van der Waals surface area contributed by atoms with E-state index in [2.05, 4.69) is 11.1 Å². The highest BCUT2D eigenvalue weighted by Crippen LogP contribution is 2.34. The molecule has 1 saturated carbocycles. The molecule has 1 N–H and O–H groups in total. The largest absolute Gasteiger partial charge is 0.481 e. The molecular formula is C22H35NO3. The Bertz CT molecular complexity index is 505. The average molecular weight is 362 g/mol. The summed E-state index contributed by atoms with van der Waals surface area (Å²) < 4.78 is 5.69. The van der Waals surface area contributed by atoms with Crippen LogP contribution in [0.3, 0.4) is 0 Å². The molecule has 146 valence electrons. The fraction of sp³-hybridized carbons (Fsp3) is 0.727. The fourth-order valence-electron chi connectivity index (χ4n) is 4.32. The molecule has 1 aromatic rings. The molecule has 1 fully saturated rings. The van der Waals surface area contributed by atoms with E-state index in [1.807, 2.05) is 25.6 Å². The Kier molecular flexibility index (Phi) is 9.68. The lowest BCUT2D eigenvalue weighted by atomic mass is 9.77. The van der Waals surface area contributed by atoms with E-state index in [-0.39, 0.29) is 0 Å². The predicted octanol–water partition coefficient (Wildman–Crippen LogP) is 5.26. The molecule has 1 aliphatic rings. The van der Waals surface area contributed by atoms with Gasteiger partial charge in [-0.25, -0.2) is 0 Å². The third-order valence-electron chi connectivity index (χ3n) is 5.80. The second-order valence-corrected chi connectivity index (χ2v) is 7.89. The summed E-state index contributed by atoms with van der Waals surface area (Å²) in [7, 11) is 1.83. The Hall–Kier alpha value is -1.42. The number of methoxy groups -OCH3 is 1. The summed E-state index contributed by atoms with van der Waals surface area (Å²) >= 11 is 0. The minimum absolute atomic E-state index is 0.348. The highest BCUT2D eigenvalue weighted by Gasteiger charge is 2.24. The summed E-state index contributed by atoms with van der Waals surface area (Å²) in [6.45, 7) is 0. The number of aromatic nitrogens is 1. The predicted molar refractivity (Wildman–Crippen MR) is 104 cm³/mol. The zero-order valence-electron chi connectivity index (χ0n) is 16.2. The van der Waals surface area contributed by atoms with Gasteiger partial charge < -0.3 is 9.84 Å². The lowest BCUT2D eigenvalue weighted by Crippen LogP contribution is -2.20. The van der Waals surface area contributed by atoms with Crippen molar-refractivity contribution in [3.8, 4) is 0 Å². The number of rotatable bonds is 12. The summed E-state index contributed by atoms with van der Waals surface area (Å²) in [5, 5.41) is 9.00.